The lowest BCUT2D eigenvalue weighted by Gasteiger charge is -2.28. The summed E-state index contributed by atoms with van der Waals surface area (Å²) in [6.07, 6.45) is 0.228. The molecule has 3 aromatic carbocycles. The van der Waals surface area contributed by atoms with E-state index >= 15 is 0 Å². The zero-order chi connectivity index (χ0) is 18.9. The molecule has 0 bridgehead atoms. The van der Waals surface area contributed by atoms with Gasteiger partial charge in [-0.2, -0.15) is 0 Å². The van der Waals surface area contributed by atoms with Crippen LogP contribution >= 0.6 is 18.7 Å². The fourth-order valence-electron chi connectivity index (χ4n) is 3.45. The van der Waals surface area contributed by atoms with Crippen LogP contribution in [-0.2, 0) is 4.57 Å². The summed E-state index contributed by atoms with van der Waals surface area (Å²) < 4.78 is 20.0. The fraction of sp³-hybridized carbons (Fsp3) is 0.136. The van der Waals surface area contributed by atoms with Gasteiger partial charge in [0.2, 0.25) is 0 Å². The molecule has 0 spiro atoms. The van der Waals surface area contributed by atoms with E-state index in [1.54, 1.807) is 18.2 Å². The van der Waals surface area contributed by atoms with E-state index in [4.69, 9.17) is 16.3 Å². The largest absolute Gasteiger partial charge is 0.492 e. The van der Waals surface area contributed by atoms with Crippen LogP contribution in [0, 0.1) is 5.92 Å². The Hall–Kier alpha value is -2.35. The molecular formula is C22H18ClO3P. The molecule has 1 unspecified atom stereocenters. The lowest BCUT2D eigenvalue weighted by Crippen LogP contribution is -2.33. The van der Waals surface area contributed by atoms with Gasteiger partial charge in [-0.1, -0.05) is 72.3 Å². The first-order valence-electron chi connectivity index (χ1n) is 8.75. The highest BCUT2D eigenvalue weighted by Gasteiger charge is 2.37. The minimum Gasteiger partial charge on any atom is -0.492 e. The second kappa shape index (κ2) is 7.34. The van der Waals surface area contributed by atoms with Gasteiger partial charge < -0.3 is 9.30 Å². The highest BCUT2D eigenvalue weighted by Crippen LogP contribution is 2.46. The number of ketones is 1. The third kappa shape index (κ3) is 3.45. The van der Waals surface area contributed by atoms with E-state index in [2.05, 4.69) is 0 Å². The molecule has 0 radical (unpaired) electrons. The Labute approximate surface area is 163 Å². The van der Waals surface area contributed by atoms with Crippen LogP contribution in [0.3, 0.4) is 0 Å². The maximum absolute atomic E-state index is 14.2. The average Bonchev–Trinajstić information content (AvgIpc) is 2.72. The van der Waals surface area contributed by atoms with Crippen molar-refractivity contribution in [2.75, 3.05) is 12.8 Å². The topological polar surface area (TPSA) is 43.4 Å². The van der Waals surface area contributed by atoms with Crippen LogP contribution in [0.2, 0.25) is 5.02 Å². The fourth-order valence-corrected chi connectivity index (χ4v) is 6.54. The molecule has 3 aromatic rings. The van der Waals surface area contributed by atoms with Crippen molar-refractivity contribution in [3.63, 3.8) is 0 Å². The number of halogens is 1. The minimum atomic E-state index is -2.99. The first kappa shape index (κ1) is 18.0. The van der Waals surface area contributed by atoms with Gasteiger partial charge in [-0.15, -0.1) is 0 Å². The van der Waals surface area contributed by atoms with Gasteiger partial charge in [0, 0.05) is 21.8 Å². The van der Waals surface area contributed by atoms with Crippen LogP contribution in [0.4, 0.5) is 0 Å². The third-order valence-corrected chi connectivity index (χ3v) is 8.30. The number of fused-ring (bicyclic) bond motifs is 1. The van der Waals surface area contributed by atoms with Crippen molar-refractivity contribution in [1.29, 1.82) is 0 Å². The van der Waals surface area contributed by atoms with Crippen molar-refractivity contribution < 1.29 is 14.1 Å². The van der Waals surface area contributed by atoms with Crippen LogP contribution in [0.1, 0.15) is 10.4 Å². The number of Topliss-reactive ketones (excluding diaryl/α,β-unsaturated/α-hetero) is 1. The number of hydrogen-bond donors (Lipinski definition) is 0. The summed E-state index contributed by atoms with van der Waals surface area (Å²) in [6, 6.07) is 23.8. The Morgan fingerprint density at radius 2 is 1.52 bits per heavy atom. The molecule has 0 aliphatic carbocycles. The second-order valence-electron chi connectivity index (χ2n) is 6.61. The molecule has 0 aromatic heterocycles. The quantitative estimate of drug-likeness (QED) is 0.608. The molecular weight excluding hydrogens is 379 g/mol. The molecule has 5 heteroatoms. The summed E-state index contributed by atoms with van der Waals surface area (Å²) in [7, 11) is -2.99. The first-order chi connectivity index (χ1) is 13.1. The lowest BCUT2D eigenvalue weighted by molar-refractivity contribution is 0.0851. The van der Waals surface area contributed by atoms with Crippen molar-refractivity contribution in [1.82, 2.24) is 0 Å². The van der Waals surface area contributed by atoms with E-state index < -0.39 is 13.1 Å². The van der Waals surface area contributed by atoms with Crippen LogP contribution in [0.5, 0.6) is 5.75 Å². The smallest absolute Gasteiger partial charge is 0.173 e. The van der Waals surface area contributed by atoms with Crippen LogP contribution in [0.25, 0.3) is 0 Å². The minimum absolute atomic E-state index is 0.0640. The van der Waals surface area contributed by atoms with Crippen molar-refractivity contribution in [3.8, 4) is 5.75 Å². The van der Waals surface area contributed by atoms with Crippen LogP contribution < -0.4 is 15.3 Å². The Kier molecular flexibility index (Phi) is 4.90. The predicted octanol–water partition coefficient (Wildman–Crippen LogP) is 4.55. The Morgan fingerprint density at radius 3 is 2.11 bits per heavy atom. The number of carbonyl (C=O) groups excluding carboxylic acids is 1. The Balaban J connectivity index is 1.73. The molecule has 0 fully saturated rings. The van der Waals surface area contributed by atoms with Crippen molar-refractivity contribution in [2.45, 2.75) is 0 Å². The van der Waals surface area contributed by atoms with Gasteiger partial charge in [0.15, 0.2) is 5.78 Å². The Morgan fingerprint density at radius 1 is 0.926 bits per heavy atom. The van der Waals surface area contributed by atoms with E-state index in [-0.39, 0.29) is 18.6 Å². The first-order valence-corrected chi connectivity index (χ1v) is 11.0. The van der Waals surface area contributed by atoms with E-state index in [9.17, 15) is 9.36 Å². The molecule has 0 saturated heterocycles. The van der Waals surface area contributed by atoms with E-state index in [1.165, 1.54) is 0 Å². The maximum Gasteiger partial charge on any atom is 0.173 e. The summed E-state index contributed by atoms with van der Waals surface area (Å²) in [6.45, 7) is 0.219. The molecule has 0 amide bonds. The molecule has 3 nitrogen and oxygen atoms in total. The molecule has 4 rings (SSSR count). The third-order valence-electron chi connectivity index (χ3n) is 4.84. The standard InChI is InChI=1S/C22H18ClO3P/c23-17-11-12-21-20(13-17)22(24)16(14-26-21)15-27(25,18-7-3-1-4-8-18)19-9-5-2-6-10-19/h1-13,16H,14-15H2. The van der Waals surface area contributed by atoms with Gasteiger partial charge in [-0.05, 0) is 18.2 Å². The van der Waals surface area contributed by atoms with Crippen LogP contribution in [-0.4, -0.2) is 18.6 Å². The average molecular weight is 397 g/mol. The van der Waals surface area contributed by atoms with Crippen molar-refractivity contribution in [2.24, 2.45) is 5.92 Å². The molecule has 1 aliphatic heterocycles. The molecule has 1 heterocycles. The molecule has 1 atom stereocenters. The highest BCUT2D eigenvalue weighted by molar-refractivity contribution is 7.78. The zero-order valence-corrected chi connectivity index (χ0v) is 16.2. The number of rotatable bonds is 4. The summed E-state index contributed by atoms with van der Waals surface area (Å²) in [5, 5.41) is 1.99. The summed E-state index contributed by atoms with van der Waals surface area (Å²) in [4.78, 5) is 13.0. The number of benzene rings is 3. The number of carbonyl (C=O) groups is 1. The number of hydrogen-bond acceptors (Lipinski definition) is 3. The normalized spacial score (nSPS) is 16.5. The van der Waals surface area contributed by atoms with E-state index in [1.807, 2.05) is 60.7 Å². The second-order valence-corrected chi connectivity index (χ2v) is 9.92. The van der Waals surface area contributed by atoms with Crippen molar-refractivity contribution in [3.05, 3.63) is 89.4 Å². The zero-order valence-electron chi connectivity index (χ0n) is 14.5. The molecule has 0 saturated carbocycles. The SMILES string of the molecule is O=C1c2cc(Cl)ccc2OCC1CP(=O)(c1ccccc1)c1ccccc1. The van der Waals surface area contributed by atoms with Gasteiger partial charge in [0.05, 0.1) is 18.1 Å². The van der Waals surface area contributed by atoms with Gasteiger partial charge in [0.1, 0.15) is 12.9 Å². The van der Waals surface area contributed by atoms with Crippen LogP contribution in [0.15, 0.2) is 78.9 Å². The summed E-state index contributed by atoms with van der Waals surface area (Å²) in [5.41, 5.74) is 0.464. The van der Waals surface area contributed by atoms with Gasteiger partial charge >= 0.3 is 0 Å². The monoisotopic (exact) mass is 396 g/mol. The highest BCUT2D eigenvalue weighted by atomic mass is 35.5. The van der Waals surface area contributed by atoms with Gasteiger partial charge in [-0.25, -0.2) is 0 Å². The molecule has 27 heavy (non-hydrogen) atoms. The molecule has 0 N–H and O–H groups in total. The molecule has 1 aliphatic rings. The van der Waals surface area contributed by atoms with Gasteiger partial charge in [0.25, 0.3) is 0 Å². The van der Waals surface area contributed by atoms with Gasteiger partial charge in [-0.3, -0.25) is 4.79 Å². The number of ether oxygens (including phenoxy) is 1. The van der Waals surface area contributed by atoms with E-state index in [0.717, 1.165) is 10.6 Å². The van der Waals surface area contributed by atoms with Crippen molar-refractivity contribution >= 4 is 35.1 Å². The predicted molar refractivity (Wildman–Crippen MR) is 109 cm³/mol. The summed E-state index contributed by atoms with van der Waals surface area (Å²) in [5.74, 6) is -0.0112. The molecule has 136 valence electrons. The van der Waals surface area contributed by atoms with E-state index in [0.29, 0.717) is 16.3 Å². The lowest BCUT2D eigenvalue weighted by atomic mass is 9.97. The Bertz CT molecular complexity index is 975. The summed E-state index contributed by atoms with van der Waals surface area (Å²) >= 11 is 6.05. The maximum atomic E-state index is 14.2.